The molecule has 1 aromatic heterocycles. The van der Waals surface area contributed by atoms with Gasteiger partial charge in [0.2, 0.25) is 5.13 Å². The number of rotatable bonds is 1. The lowest BCUT2D eigenvalue weighted by molar-refractivity contribution is 0.298. The Hall–Kier alpha value is -0.680. The zero-order chi connectivity index (χ0) is 10.1. The predicted octanol–water partition coefficient (Wildman–Crippen LogP) is 0.958. The van der Waals surface area contributed by atoms with Gasteiger partial charge in [-0.3, -0.25) is 0 Å². The van der Waals surface area contributed by atoms with Crippen molar-refractivity contribution in [1.29, 1.82) is 0 Å². The number of nitrogens with two attached hydrogens (primary N) is 1. The van der Waals surface area contributed by atoms with Crippen LogP contribution in [0, 0.1) is 11.8 Å². The summed E-state index contributed by atoms with van der Waals surface area (Å²) >= 11 is 1.46. The number of piperidine rings is 1. The van der Waals surface area contributed by atoms with Crippen molar-refractivity contribution in [2.24, 2.45) is 17.6 Å². The maximum Gasteiger partial charge on any atom is 0.204 e. The molecule has 5 heteroatoms. The zero-order valence-corrected chi connectivity index (χ0v) is 9.37. The maximum atomic E-state index is 6.08. The molecule has 1 saturated heterocycles. The van der Waals surface area contributed by atoms with Crippen LogP contribution in [0.3, 0.4) is 0 Å². The Bertz CT molecular complexity index is 275. The average Bonchev–Trinajstić information content (AvgIpc) is 2.66. The van der Waals surface area contributed by atoms with Gasteiger partial charge in [0.1, 0.15) is 6.33 Å². The van der Waals surface area contributed by atoms with Crippen LogP contribution >= 0.6 is 11.5 Å². The Kier molecular flexibility index (Phi) is 2.69. The third-order valence-electron chi connectivity index (χ3n) is 2.95. The molecule has 1 aliphatic heterocycles. The summed E-state index contributed by atoms with van der Waals surface area (Å²) in [4.78, 5) is 6.51. The van der Waals surface area contributed by atoms with E-state index in [4.69, 9.17) is 5.73 Å². The molecule has 4 nitrogen and oxygen atoms in total. The van der Waals surface area contributed by atoms with E-state index in [1.54, 1.807) is 6.33 Å². The van der Waals surface area contributed by atoms with Crippen molar-refractivity contribution in [3.63, 3.8) is 0 Å². The highest BCUT2D eigenvalue weighted by atomic mass is 32.1. The molecule has 1 fully saturated rings. The fourth-order valence-electron chi connectivity index (χ4n) is 2.04. The number of hydrogen-bond donors (Lipinski definition) is 1. The molecule has 0 radical (unpaired) electrons. The smallest absolute Gasteiger partial charge is 0.204 e. The van der Waals surface area contributed by atoms with Gasteiger partial charge in [0.15, 0.2) is 0 Å². The van der Waals surface area contributed by atoms with Crippen LogP contribution in [0.5, 0.6) is 0 Å². The summed E-state index contributed by atoms with van der Waals surface area (Å²) in [7, 11) is 0. The second kappa shape index (κ2) is 3.82. The van der Waals surface area contributed by atoms with Gasteiger partial charge >= 0.3 is 0 Å². The summed E-state index contributed by atoms with van der Waals surface area (Å²) in [5.74, 6) is 1.06. The van der Waals surface area contributed by atoms with Gasteiger partial charge in [0.25, 0.3) is 0 Å². The standard InChI is InChI=1S/C9H16N4S/c1-6-3-13(4-7(2)8(6)10)9-11-5-12-14-9/h5-8H,3-4,10H2,1-2H3. The lowest BCUT2D eigenvalue weighted by Crippen LogP contribution is -2.51. The van der Waals surface area contributed by atoms with E-state index in [0.29, 0.717) is 17.9 Å². The first kappa shape index (κ1) is 9.86. The molecule has 0 bridgehead atoms. The molecule has 14 heavy (non-hydrogen) atoms. The van der Waals surface area contributed by atoms with Crippen molar-refractivity contribution >= 4 is 16.7 Å². The number of hydrogen-bond acceptors (Lipinski definition) is 5. The largest absolute Gasteiger partial charge is 0.346 e. The van der Waals surface area contributed by atoms with E-state index in [1.807, 2.05) is 0 Å². The molecule has 2 atom stereocenters. The summed E-state index contributed by atoms with van der Waals surface area (Å²) in [5.41, 5.74) is 6.08. The zero-order valence-electron chi connectivity index (χ0n) is 8.55. The van der Waals surface area contributed by atoms with Gasteiger partial charge in [0.05, 0.1) is 0 Å². The van der Waals surface area contributed by atoms with Crippen molar-refractivity contribution in [2.45, 2.75) is 19.9 Å². The first-order valence-electron chi connectivity index (χ1n) is 4.95. The molecule has 78 valence electrons. The first-order chi connectivity index (χ1) is 6.68. The van der Waals surface area contributed by atoms with Crippen LogP contribution in [0.4, 0.5) is 5.13 Å². The van der Waals surface area contributed by atoms with E-state index in [0.717, 1.165) is 18.2 Å². The van der Waals surface area contributed by atoms with E-state index in [1.165, 1.54) is 11.5 Å². The fraction of sp³-hybridized carbons (Fsp3) is 0.778. The Morgan fingerprint density at radius 1 is 1.43 bits per heavy atom. The summed E-state index contributed by atoms with van der Waals surface area (Å²) in [6.45, 7) is 6.41. The lowest BCUT2D eigenvalue weighted by Gasteiger charge is -2.39. The van der Waals surface area contributed by atoms with Crippen LogP contribution < -0.4 is 10.6 Å². The molecule has 0 saturated carbocycles. The first-order valence-corrected chi connectivity index (χ1v) is 5.73. The number of anilines is 1. The molecule has 0 spiro atoms. The van der Waals surface area contributed by atoms with Gasteiger partial charge in [-0.05, 0) is 11.8 Å². The van der Waals surface area contributed by atoms with Crippen LogP contribution in [0.25, 0.3) is 0 Å². The van der Waals surface area contributed by atoms with Crippen LogP contribution in [-0.2, 0) is 0 Å². The number of aromatic nitrogens is 2. The monoisotopic (exact) mass is 212 g/mol. The third kappa shape index (κ3) is 1.74. The quantitative estimate of drug-likeness (QED) is 0.753. The van der Waals surface area contributed by atoms with Gasteiger partial charge in [-0.2, -0.15) is 4.37 Å². The predicted molar refractivity (Wildman–Crippen MR) is 58.4 cm³/mol. The van der Waals surface area contributed by atoms with Gasteiger partial charge in [-0.1, -0.05) is 13.8 Å². The topological polar surface area (TPSA) is 55.0 Å². The van der Waals surface area contributed by atoms with Crippen LogP contribution in [0.15, 0.2) is 6.33 Å². The minimum Gasteiger partial charge on any atom is -0.346 e. The molecule has 1 aromatic rings. The van der Waals surface area contributed by atoms with E-state index < -0.39 is 0 Å². The Morgan fingerprint density at radius 2 is 2.07 bits per heavy atom. The van der Waals surface area contributed by atoms with Crippen molar-refractivity contribution in [2.75, 3.05) is 18.0 Å². The Balaban J connectivity index is 2.10. The Labute approximate surface area is 88.3 Å². The highest BCUT2D eigenvalue weighted by Crippen LogP contribution is 2.25. The summed E-state index contributed by atoms with van der Waals surface area (Å²) in [6.07, 6.45) is 1.61. The molecular weight excluding hydrogens is 196 g/mol. The van der Waals surface area contributed by atoms with Crippen molar-refractivity contribution in [3.05, 3.63) is 6.33 Å². The van der Waals surface area contributed by atoms with E-state index >= 15 is 0 Å². The van der Waals surface area contributed by atoms with Crippen LogP contribution in [0.1, 0.15) is 13.8 Å². The molecule has 0 aromatic carbocycles. The van der Waals surface area contributed by atoms with E-state index in [2.05, 4.69) is 28.1 Å². The van der Waals surface area contributed by atoms with E-state index in [9.17, 15) is 0 Å². The molecule has 2 rings (SSSR count). The lowest BCUT2D eigenvalue weighted by atomic mass is 9.87. The Morgan fingerprint density at radius 3 is 2.57 bits per heavy atom. The van der Waals surface area contributed by atoms with Gasteiger partial charge in [-0.25, -0.2) is 4.98 Å². The van der Waals surface area contributed by atoms with E-state index in [-0.39, 0.29) is 0 Å². The SMILES string of the molecule is CC1CN(c2ncns2)CC(C)C1N. The molecule has 0 amide bonds. The second-order valence-electron chi connectivity index (χ2n) is 4.16. The maximum absolute atomic E-state index is 6.08. The molecule has 2 unspecified atom stereocenters. The minimum absolute atomic E-state index is 0.319. The minimum atomic E-state index is 0.319. The molecule has 0 aliphatic carbocycles. The summed E-state index contributed by atoms with van der Waals surface area (Å²) in [6, 6.07) is 0.319. The number of nitrogens with zero attached hydrogens (tertiary/aromatic N) is 3. The second-order valence-corrected chi connectivity index (χ2v) is 4.92. The van der Waals surface area contributed by atoms with Gasteiger partial charge in [-0.15, -0.1) is 0 Å². The highest BCUT2D eigenvalue weighted by molar-refractivity contribution is 7.09. The normalized spacial score (nSPS) is 33.4. The van der Waals surface area contributed by atoms with Crippen molar-refractivity contribution in [3.8, 4) is 0 Å². The van der Waals surface area contributed by atoms with Crippen molar-refractivity contribution in [1.82, 2.24) is 9.36 Å². The van der Waals surface area contributed by atoms with Crippen LogP contribution in [-0.4, -0.2) is 28.5 Å². The van der Waals surface area contributed by atoms with Crippen LogP contribution in [0.2, 0.25) is 0 Å². The van der Waals surface area contributed by atoms with Gasteiger partial charge in [0, 0.05) is 30.7 Å². The molecular formula is C9H16N4S. The summed E-state index contributed by atoms with van der Waals surface area (Å²) in [5, 5.41) is 1.02. The summed E-state index contributed by atoms with van der Waals surface area (Å²) < 4.78 is 4.02. The highest BCUT2D eigenvalue weighted by Gasteiger charge is 2.30. The van der Waals surface area contributed by atoms with Gasteiger partial charge < -0.3 is 10.6 Å². The fourth-order valence-corrected chi connectivity index (χ4v) is 2.58. The molecule has 2 heterocycles. The van der Waals surface area contributed by atoms with Crippen molar-refractivity contribution < 1.29 is 0 Å². The average molecular weight is 212 g/mol. The molecule has 1 aliphatic rings. The molecule has 2 N–H and O–H groups in total. The third-order valence-corrected chi connectivity index (χ3v) is 3.68.